The van der Waals surface area contributed by atoms with Crippen molar-refractivity contribution in [3.05, 3.63) is 57.6 Å². The molecule has 3 N–H and O–H groups in total. The van der Waals surface area contributed by atoms with E-state index in [0.717, 1.165) is 28.4 Å². The summed E-state index contributed by atoms with van der Waals surface area (Å²) in [7, 11) is 0. The number of halogens is 1. The van der Waals surface area contributed by atoms with E-state index in [-0.39, 0.29) is 5.91 Å². The highest BCUT2D eigenvalue weighted by Gasteiger charge is 2.18. The summed E-state index contributed by atoms with van der Waals surface area (Å²) >= 11 is 3.43. The Kier molecular flexibility index (Phi) is 9.05. The summed E-state index contributed by atoms with van der Waals surface area (Å²) in [5, 5.41) is 2.78. The molecule has 2 rings (SSSR count). The second-order valence-electron chi connectivity index (χ2n) is 7.30. The van der Waals surface area contributed by atoms with Crippen molar-refractivity contribution >= 4 is 39.3 Å². The molecule has 0 bridgehead atoms. The molecule has 166 valence electrons. The molecule has 0 aliphatic heterocycles. The largest absolute Gasteiger partial charge is 0.480 e. The van der Waals surface area contributed by atoms with Crippen molar-refractivity contribution in [2.24, 2.45) is 0 Å². The number of aryl methyl sites for hydroxylation is 2. The fraction of sp³-hybridized carbons (Fsp3) is 0.348. The van der Waals surface area contributed by atoms with E-state index in [0.29, 0.717) is 23.4 Å². The molecule has 1 unspecified atom stereocenters. The van der Waals surface area contributed by atoms with Crippen molar-refractivity contribution in [1.82, 2.24) is 10.9 Å². The SMILES string of the molecule is CCCCC(=O)Nc1ccc(C(=O)NNC(=O)C(C)Oc2c(C)cc(Br)cc2C)cc1. The molecular weight excluding hydrogens is 462 g/mol. The summed E-state index contributed by atoms with van der Waals surface area (Å²) < 4.78 is 6.72. The number of anilines is 1. The molecule has 7 nitrogen and oxygen atoms in total. The smallest absolute Gasteiger partial charge is 0.279 e. The van der Waals surface area contributed by atoms with Gasteiger partial charge in [-0.05, 0) is 74.7 Å². The van der Waals surface area contributed by atoms with Crippen LogP contribution in [0.3, 0.4) is 0 Å². The molecule has 8 heteroatoms. The van der Waals surface area contributed by atoms with Crippen LogP contribution in [0.4, 0.5) is 5.69 Å². The van der Waals surface area contributed by atoms with Crippen molar-refractivity contribution in [3.8, 4) is 5.75 Å². The Morgan fingerprint density at radius 1 is 1.03 bits per heavy atom. The molecule has 0 fully saturated rings. The van der Waals surface area contributed by atoms with Crippen LogP contribution in [0.5, 0.6) is 5.75 Å². The summed E-state index contributed by atoms with van der Waals surface area (Å²) in [5.41, 5.74) is 7.52. The quantitative estimate of drug-likeness (QED) is 0.478. The third-order valence-corrected chi connectivity index (χ3v) is 5.03. The van der Waals surface area contributed by atoms with Gasteiger partial charge in [-0.2, -0.15) is 0 Å². The first-order valence-corrected chi connectivity index (χ1v) is 10.9. The number of carbonyl (C=O) groups excluding carboxylic acids is 3. The van der Waals surface area contributed by atoms with Gasteiger partial charge in [-0.25, -0.2) is 0 Å². The Bertz CT molecular complexity index is 921. The van der Waals surface area contributed by atoms with Gasteiger partial charge in [0, 0.05) is 22.1 Å². The Morgan fingerprint density at radius 3 is 2.23 bits per heavy atom. The standard InChI is InChI=1S/C23H28BrN3O4/c1-5-6-7-20(28)25-19-10-8-17(9-11-19)23(30)27-26-22(29)16(4)31-21-14(2)12-18(24)13-15(21)3/h8-13,16H,5-7H2,1-4H3,(H,25,28)(H,26,29)(H,27,30). The average Bonchev–Trinajstić information content (AvgIpc) is 2.73. The molecule has 0 aliphatic rings. The van der Waals surface area contributed by atoms with Gasteiger partial charge in [0.25, 0.3) is 11.8 Å². The minimum Gasteiger partial charge on any atom is -0.480 e. The van der Waals surface area contributed by atoms with Crippen LogP contribution in [-0.2, 0) is 9.59 Å². The van der Waals surface area contributed by atoms with Gasteiger partial charge in [0.05, 0.1) is 0 Å². The van der Waals surface area contributed by atoms with Crippen molar-refractivity contribution < 1.29 is 19.1 Å². The van der Waals surface area contributed by atoms with Crippen molar-refractivity contribution in [3.63, 3.8) is 0 Å². The van der Waals surface area contributed by atoms with Gasteiger partial charge in [-0.1, -0.05) is 29.3 Å². The molecule has 31 heavy (non-hydrogen) atoms. The summed E-state index contributed by atoms with van der Waals surface area (Å²) in [6.07, 6.45) is 1.43. The molecule has 3 amide bonds. The second kappa shape index (κ2) is 11.5. The Hall–Kier alpha value is -2.87. The Morgan fingerprint density at radius 2 is 1.65 bits per heavy atom. The maximum atomic E-state index is 12.3. The lowest BCUT2D eigenvalue weighted by atomic mass is 10.1. The van der Waals surface area contributed by atoms with Crippen LogP contribution >= 0.6 is 15.9 Å². The lowest BCUT2D eigenvalue weighted by Crippen LogP contribution is -2.47. The number of benzene rings is 2. The third kappa shape index (κ3) is 7.40. The zero-order valence-corrected chi connectivity index (χ0v) is 19.8. The molecule has 0 saturated heterocycles. The van der Waals surface area contributed by atoms with Crippen LogP contribution in [0.1, 0.15) is 54.6 Å². The van der Waals surface area contributed by atoms with Gasteiger partial charge in [0.15, 0.2) is 6.10 Å². The molecule has 0 radical (unpaired) electrons. The fourth-order valence-electron chi connectivity index (χ4n) is 2.87. The minimum absolute atomic E-state index is 0.0588. The van der Waals surface area contributed by atoms with Crippen molar-refractivity contribution in [2.75, 3.05) is 5.32 Å². The van der Waals surface area contributed by atoms with Crippen molar-refractivity contribution in [1.29, 1.82) is 0 Å². The molecule has 2 aromatic carbocycles. The van der Waals surface area contributed by atoms with Crippen LogP contribution in [0.25, 0.3) is 0 Å². The molecule has 1 atom stereocenters. The third-order valence-electron chi connectivity index (χ3n) is 4.58. The van der Waals surface area contributed by atoms with Crippen LogP contribution in [0.15, 0.2) is 40.9 Å². The normalized spacial score (nSPS) is 11.4. The van der Waals surface area contributed by atoms with Gasteiger partial charge < -0.3 is 10.1 Å². The van der Waals surface area contributed by atoms with Crippen LogP contribution in [-0.4, -0.2) is 23.8 Å². The van der Waals surface area contributed by atoms with E-state index >= 15 is 0 Å². The number of nitrogens with one attached hydrogen (secondary N) is 3. The minimum atomic E-state index is -0.806. The number of rotatable bonds is 8. The lowest BCUT2D eigenvalue weighted by Gasteiger charge is -2.18. The van der Waals surface area contributed by atoms with E-state index in [1.54, 1.807) is 31.2 Å². The second-order valence-corrected chi connectivity index (χ2v) is 8.22. The van der Waals surface area contributed by atoms with E-state index in [9.17, 15) is 14.4 Å². The molecule has 0 spiro atoms. The summed E-state index contributed by atoms with van der Waals surface area (Å²) in [4.78, 5) is 36.4. The lowest BCUT2D eigenvalue weighted by molar-refractivity contribution is -0.128. The van der Waals surface area contributed by atoms with Crippen LogP contribution < -0.4 is 20.9 Å². The molecule has 2 aromatic rings. The maximum absolute atomic E-state index is 12.3. The van der Waals surface area contributed by atoms with E-state index in [2.05, 4.69) is 32.1 Å². The topological polar surface area (TPSA) is 96.5 Å². The predicted molar refractivity (Wildman–Crippen MR) is 124 cm³/mol. The highest BCUT2D eigenvalue weighted by atomic mass is 79.9. The summed E-state index contributed by atoms with van der Waals surface area (Å²) in [5.74, 6) is -0.374. The van der Waals surface area contributed by atoms with Gasteiger partial charge in [-0.3, -0.25) is 25.2 Å². The number of hydrogen-bond donors (Lipinski definition) is 3. The number of carbonyl (C=O) groups is 3. The average molecular weight is 490 g/mol. The van der Waals surface area contributed by atoms with Gasteiger partial charge >= 0.3 is 0 Å². The zero-order valence-electron chi connectivity index (χ0n) is 18.2. The first kappa shape index (κ1) is 24.4. The highest BCUT2D eigenvalue weighted by molar-refractivity contribution is 9.10. The number of hydrazine groups is 1. The van der Waals surface area contributed by atoms with E-state index in [1.165, 1.54) is 0 Å². The van der Waals surface area contributed by atoms with Gasteiger partial charge in [0.2, 0.25) is 5.91 Å². The first-order chi connectivity index (χ1) is 14.7. The number of unbranched alkanes of at least 4 members (excludes halogenated alkanes) is 1. The predicted octanol–water partition coefficient (Wildman–Crippen LogP) is 4.42. The molecule has 0 aromatic heterocycles. The molecule has 0 saturated carbocycles. The zero-order chi connectivity index (χ0) is 23.0. The first-order valence-electron chi connectivity index (χ1n) is 10.1. The number of hydrogen-bond acceptors (Lipinski definition) is 4. The van der Waals surface area contributed by atoms with Gasteiger partial charge in [-0.15, -0.1) is 0 Å². The summed E-state index contributed by atoms with van der Waals surface area (Å²) in [6.45, 7) is 7.43. The number of amides is 3. The maximum Gasteiger partial charge on any atom is 0.279 e. The summed E-state index contributed by atoms with van der Waals surface area (Å²) in [6, 6.07) is 10.3. The van der Waals surface area contributed by atoms with E-state index in [1.807, 2.05) is 32.9 Å². The molecule has 0 aliphatic carbocycles. The van der Waals surface area contributed by atoms with Crippen molar-refractivity contribution in [2.45, 2.75) is 53.1 Å². The van der Waals surface area contributed by atoms with Crippen LogP contribution in [0, 0.1) is 13.8 Å². The number of ether oxygens (including phenoxy) is 1. The Labute approximate surface area is 191 Å². The molecular formula is C23H28BrN3O4. The fourth-order valence-corrected chi connectivity index (χ4v) is 3.56. The van der Waals surface area contributed by atoms with Gasteiger partial charge in [0.1, 0.15) is 5.75 Å². The highest BCUT2D eigenvalue weighted by Crippen LogP contribution is 2.28. The molecule has 0 heterocycles. The van der Waals surface area contributed by atoms with E-state index in [4.69, 9.17) is 4.74 Å². The van der Waals surface area contributed by atoms with Crippen LogP contribution in [0.2, 0.25) is 0 Å². The monoisotopic (exact) mass is 489 g/mol. The Balaban J connectivity index is 1.87. The van der Waals surface area contributed by atoms with E-state index < -0.39 is 17.9 Å².